The van der Waals surface area contributed by atoms with E-state index in [9.17, 15) is 8.78 Å². The number of alkyl halides is 2. The van der Waals surface area contributed by atoms with Crippen molar-refractivity contribution in [2.45, 2.75) is 77.1 Å². The van der Waals surface area contributed by atoms with E-state index in [1.54, 1.807) is 0 Å². The van der Waals surface area contributed by atoms with Crippen molar-refractivity contribution < 1.29 is 8.78 Å². The van der Waals surface area contributed by atoms with Gasteiger partial charge in [0.15, 0.2) is 0 Å². The molecule has 0 spiro atoms. The van der Waals surface area contributed by atoms with Crippen molar-refractivity contribution in [1.82, 2.24) is 0 Å². The van der Waals surface area contributed by atoms with Gasteiger partial charge in [-0.3, -0.25) is 0 Å². The molecule has 0 aromatic heterocycles. The molecule has 3 rings (SSSR count). The number of allylic oxidation sites excluding steroid dienone is 4. The number of hydrogen-bond donors (Lipinski definition) is 0. The van der Waals surface area contributed by atoms with E-state index in [0.717, 1.165) is 51.4 Å². The summed E-state index contributed by atoms with van der Waals surface area (Å²) in [6.45, 7) is 2.24. The first kappa shape index (κ1) is 15.2. The zero-order valence-electron chi connectivity index (χ0n) is 13.2. The maximum atomic E-state index is 14.7. The second kappa shape index (κ2) is 6.62. The Morgan fingerprint density at radius 2 is 1.52 bits per heavy atom. The third-order valence-corrected chi connectivity index (χ3v) is 5.85. The van der Waals surface area contributed by atoms with Crippen LogP contribution in [-0.2, 0) is 0 Å². The average Bonchev–Trinajstić information content (AvgIpc) is 2.52. The van der Waals surface area contributed by atoms with Gasteiger partial charge in [-0.1, -0.05) is 30.2 Å². The van der Waals surface area contributed by atoms with Crippen LogP contribution >= 0.6 is 0 Å². The maximum absolute atomic E-state index is 14.7. The van der Waals surface area contributed by atoms with Crippen LogP contribution in [0.1, 0.15) is 64.7 Å². The van der Waals surface area contributed by atoms with Gasteiger partial charge >= 0.3 is 0 Å². The largest absolute Gasteiger partial charge is 0.244 e. The summed E-state index contributed by atoms with van der Waals surface area (Å²) < 4.78 is 29.4. The number of rotatable bonds is 2. The van der Waals surface area contributed by atoms with E-state index < -0.39 is 12.3 Å². The van der Waals surface area contributed by atoms with Crippen LogP contribution < -0.4 is 0 Å². The minimum atomic E-state index is -1.29. The fourth-order valence-electron chi connectivity index (χ4n) is 4.42. The second-order valence-corrected chi connectivity index (χ2v) is 7.36. The summed E-state index contributed by atoms with van der Waals surface area (Å²) in [7, 11) is 0. The quantitative estimate of drug-likeness (QED) is 0.553. The van der Waals surface area contributed by atoms with Crippen LogP contribution in [0.4, 0.5) is 8.78 Å². The molecule has 1 fully saturated rings. The minimum Gasteiger partial charge on any atom is -0.244 e. The summed E-state index contributed by atoms with van der Waals surface area (Å²) in [6.07, 6.45) is 11.1. The van der Waals surface area contributed by atoms with E-state index in [2.05, 4.69) is 19.1 Å². The number of hydrogen-bond acceptors (Lipinski definition) is 0. The van der Waals surface area contributed by atoms with Crippen LogP contribution in [0.2, 0.25) is 0 Å². The van der Waals surface area contributed by atoms with Gasteiger partial charge in [-0.25, -0.2) is 8.78 Å². The van der Waals surface area contributed by atoms with Crippen LogP contribution in [0, 0.1) is 17.8 Å². The van der Waals surface area contributed by atoms with E-state index in [1.807, 2.05) is 0 Å². The van der Waals surface area contributed by atoms with Gasteiger partial charge in [0.1, 0.15) is 12.3 Å². The van der Waals surface area contributed by atoms with Gasteiger partial charge in [-0.15, -0.1) is 0 Å². The smallest absolute Gasteiger partial charge is 0.138 e. The molecule has 0 amide bonds. The SMILES string of the molecule is CC1CC=C(C2CCC(C3=CCCCC3)C(F)C2F)CC1. The summed E-state index contributed by atoms with van der Waals surface area (Å²) in [6, 6.07) is 0. The Bertz CT molecular complexity index is 423. The van der Waals surface area contributed by atoms with Crippen LogP contribution in [0.15, 0.2) is 23.3 Å². The molecule has 1 saturated carbocycles. The highest BCUT2D eigenvalue weighted by molar-refractivity contribution is 5.19. The van der Waals surface area contributed by atoms with Gasteiger partial charge in [0.05, 0.1) is 0 Å². The summed E-state index contributed by atoms with van der Waals surface area (Å²) in [5.41, 5.74) is 2.42. The second-order valence-electron chi connectivity index (χ2n) is 7.36. The molecular weight excluding hydrogens is 266 g/mol. The molecule has 0 heterocycles. The highest BCUT2D eigenvalue weighted by Gasteiger charge is 2.42. The van der Waals surface area contributed by atoms with Crippen molar-refractivity contribution in [2.24, 2.45) is 17.8 Å². The predicted molar refractivity (Wildman–Crippen MR) is 83.7 cm³/mol. The molecule has 3 aliphatic carbocycles. The monoisotopic (exact) mass is 294 g/mol. The van der Waals surface area contributed by atoms with E-state index in [-0.39, 0.29) is 11.8 Å². The lowest BCUT2D eigenvalue weighted by Crippen LogP contribution is -2.40. The highest BCUT2D eigenvalue weighted by Crippen LogP contribution is 2.44. The normalized spacial score (nSPS) is 41.4. The molecule has 5 atom stereocenters. The highest BCUT2D eigenvalue weighted by atomic mass is 19.2. The van der Waals surface area contributed by atoms with Crippen molar-refractivity contribution >= 4 is 0 Å². The van der Waals surface area contributed by atoms with Crippen LogP contribution in [-0.4, -0.2) is 12.3 Å². The fraction of sp³-hybridized carbons (Fsp3) is 0.789. The van der Waals surface area contributed by atoms with E-state index in [0.29, 0.717) is 5.92 Å². The van der Waals surface area contributed by atoms with Crippen molar-refractivity contribution in [2.75, 3.05) is 0 Å². The summed E-state index contributed by atoms with van der Waals surface area (Å²) >= 11 is 0. The zero-order valence-corrected chi connectivity index (χ0v) is 13.2. The topological polar surface area (TPSA) is 0 Å². The van der Waals surface area contributed by atoms with Crippen LogP contribution in [0.3, 0.4) is 0 Å². The Hall–Kier alpha value is -0.660. The Morgan fingerprint density at radius 1 is 0.857 bits per heavy atom. The fourth-order valence-corrected chi connectivity index (χ4v) is 4.42. The molecule has 2 heteroatoms. The molecule has 21 heavy (non-hydrogen) atoms. The molecule has 0 aliphatic heterocycles. The molecule has 0 aromatic carbocycles. The predicted octanol–water partition coefficient (Wildman–Crippen LogP) is 5.94. The van der Waals surface area contributed by atoms with Crippen molar-refractivity contribution in [3.05, 3.63) is 23.3 Å². The first-order valence-corrected chi connectivity index (χ1v) is 8.83. The van der Waals surface area contributed by atoms with Crippen LogP contribution in [0.5, 0.6) is 0 Å². The summed E-state index contributed by atoms with van der Waals surface area (Å²) in [5, 5.41) is 0. The van der Waals surface area contributed by atoms with Gasteiger partial charge in [0, 0.05) is 11.8 Å². The maximum Gasteiger partial charge on any atom is 0.138 e. The third kappa shape index (κ3) is 3.24. The van der Waals surface area contributed by atoms with E-state index in [1.165, 1.54) is 17.6 Å². The molecule has 0 saturated heterocycles. The van der Waals surface area contributed by atoms with Crippen molar-refractivity contribution in [3.63, 3.8) is 0 Å². The van der Waals surface area contributed by atoms with Crippen molar-refractivity contribution in [3.8, 4) is 0 Å². The lowest BCUT2D eigenvalue weighted by atomic mass is 9.70. The molecule has 3 aliphatic rings. The Morgan fingerprint density at radius 3 is 2.05 bits per heavy atom. The van der Waals surface area contributed by atoms with Gasteiger partial charge in [0.25, 0.3) is 0 Å². The Balaban J connectivity index is 1.68. The summed E-state index contributed by atoms with van der Waals surface area (Å²) in [4.78, 5) is 0. The van der Waals surface area contributed by atoms with Gasteiger partial charge in [-0.2, -0.15) is 0 Å². The Labute approximate surface area is 127 Å². The molecule has 0 radical (unpaired) electrons. The lowest BCUT2D eigenvalue weighted by Gasteiger charge is -2.39. The van der Waals surface area contributed by atoms with E-state index in [4.69, 9.17) is 0 Å². The standard InChI is InChI=1S/C19H28F2/c1-13-7-9-15(10-8-13)17-12-11-16(18(20)19(17)21)14-5-3-2-4-6-14/h5,9,13,16-19H,2-4,6-8,10-12H2,1H3. The molecule has 0 aromatic rings. The summed E-state index contributed by atoms with van der Waals surface area (Å²) in [5.74, 6) is 0.421. The van der Waals surface area contributed by atoms with Crippen LogP contribution in [0.25, 0.3) is 0 Å². The van der Waals surface area contributed by atoms with Gasteiger partial charge in [-0.05, 0) is 63.7 Å². The molecule has 0 N–H and O–H groups in total. The molecule has 5 unspecified atom stereocenters. The Kier molecular flexibility index (Phi) is 4.81. The minimum absolute atomic E-state index is 0.139. The molecule has 0 nitrogen and oxygen atoms in total. The van der Waals surface area contributed by atoms with Crippen molar-refractivity contribution in [1.29, 1.82) is 0 Å². The number of halogens is 2. The third-order valence-electron chi connectivity index (χ3n) is 5.85. The molecular formula is C19H28F2. The van der Waals surface area contributed by atoms with E-state index >= 15 is 0 Å². The first-order valence-electron chi connectivity index (χ1n) is 8.83. The average molecular weight is 294 g/mol. The van der Waals surface area contributed by atoms with Gasteiger partial charge < -0.3 is 0 Å². The first-order chi connectivity index (χ1) is 10.2. The van der Waals surface area contributed by atoms with Gasteiger partial charge in [0.2, 0.25) is 0 Å². The molecule has 0 bridgehead atoms. The lowest BCUT2D eigenvalue weighted by molar-refractivity contribution is 0.0454. The zero-order chi connectivity index (χ0) is 14.8. The molecule has 118 valence electrons.